The van der Waals surface area contributed by atoms with Crippen LogP contribution in [0.2, 0.25) is 0 Å². The van der Waals surface area contributed by atoms with Gasteiger partial charge in [0.05, 0.1) is 5.69 Å². The maximum atomic E-state index is 13.1. The molecule has 2 rings (SSSR count). The van der Waals surface area contributed by atoms with Crippen molar-refractivity contribution >= 4 is 11.5 Å². The summed E-state index contributed by atoms with van der Waals surface area (Å²) in [7, 11) is 0. The maximum absolute atomic E-state index is 13.1. The Kier molecular flexibility index (Phi) is 4.27. The Morgan fingerprint density at radius 1 is 1.30 bits per heavy atom. The molecule has 2 aromatic heterocycles. The quantitative estimate of drug-likeness (QED) is 0.501. The summed E-state index contributed by atoms with van der Waals surface area (Å²) in [6.07, 6.45) is -4.26. The average molecular weight is 335 g/mol. The van der Waals surface area contributed by atoms with Crippen LogP contribution in [0.25, 0.3) is 5.65 Å². The minimum Gasteiger partial charge on any atom is -0.382 e. The highest BCUT2D eigenvalue weighted by Crippen LogP contribution is 2.38. The molecule has 0 saturated carbocycles. The number of hydrogen-bond donors (Lipinski definition) is 2. The van der Waals surface area contributed by atoms with E-state index >= 15 is 0 Å². The standard InChI is InChI=1S/C13H14F5N5/c1-2-7-5-21-11-8(3-4-12(14,15)13(16,17)18)22-9(10(19)20)6-23(7)11/h5-6H,2-4H2,1H3,(H3,19,20). The van der Waals surface area contributed by atoms with Gasteiger partial charge in [-0.05, 0) is 12.8 Å². The van der Waals surface area contributed by atoms with Gasteiger partial charge in [-0.25, -0.2) is 9.97 Å². The highest BCUT2D eigenvalue weighted by atomic mass is 19.4. The van der Waals surface area contributed by atoms with Crippen molar-refractivity contribution in [1.82, 2.24) is 14.4 Å². The molecule has 0 spiro atoms. The number of rotatable bonds is 5. The van der Waals surface area contributed by atoms with Crippen molar-refractivity contribution in [2.75, 3.05) is 0 Å². The third-order valence-electron chi connectivity index (χ3n) is 3.37. The molecule has 0 atom stereocenters. The summed E-state index contributed by atoms with van der Waals surface area (Å²) in [5.74, 6) is -5.23. The number of nitrogen functional groups attached to an aromatic ring is 1. The van der Waals surface area contributed by atoms with Crippen LogP contribution in [0.1, 0.15) is 30.4 Å². The van der Waals surface area contributed by atoms with Gasteiger partial charge < -0.3 is 10.1 Å². The second-order valence-electron chi connectivity index (χ2n) is 4.99. The van der Waals surface area contributed by atoms with Crippen LogP contribution >= 0.6 is 0 Å². The summed E-state index contributed by atoms with van der Waals surface area (Å²) < 4.78 is 64.5. The molecule has 0 amide bonds. The molecule has 2 aromatic rings. The minimum absolute atomic E-state index is 0.00414. The molecule has 0 aliphatic heterocycles. The number of halogens is 5. The fourth-order valence-corrected chi connectivity index (χ4v) is 2.08. The molecule has 0 aromatic carbocycles. The van der Waals surface area contributed by atoms with E-state index in [-0.39, 0.29) is 17.0 Å². The minimum atomic E-state index is -5.62. The van der Waals surface area contributed by atoms with Crippen LogP contribution in [0, 0.1) is 5.41 Å². The zero-order valence-corrected chi connectivity index (χ0v) is 12.1. The second kappa shape index (κ2) is 5.74. The largest absolute Gasteiger partial charge is 0.453 e. The van der Waals surface area contributed by atoms with Gasteiger partial charge in [0, 0.05) is 24.5 Å². The topological polar surface area (TPSA) is 80.1 Å². The van der Waals surface area contributed by atoms with Crippen molar-refractivity contribution in [3.05, 3.63) is 29.5 Å². The maximum Gasteiger partial charge on any atom is 0.453 e. The van der Waals surface area contributed by atoms with Gasteiger partial charge in [-0.2, -0.15) is 22.0 Å². The van der Waals surface area contributed by atoms with E-state index in [1.165, 1.54) is 16.8 Å². The molecule has 2 heterocycles. The molecule has 5 nitrogen and oxygen atoms in total. The van der Waals surface area contributed by atoms with E-state index in [2.05, 4.69) is 9.97 Å². The normalized spacial score (nSPS) is 12.8. The van der Waals surface area contributed by atoms with Crippen LogP contribution in [0.4, 0.5) is 22.0 Å². The molecule has 0 unspecified atom stereocenters. The molecule has 0 fully saturated rings. The second-order valence-corrected chi connectivity index (χ2v) is 4.99. The van der Waals surface area contributed by atoms with Gasteiger partial charge in [0.15, 0.2) is 5.65 Å². The summed E-state index contributed by atoms with van der Waals surface area (Å²) in [5.41, 5.74) is 6.17. The number of nitrogens with two attached hydrogens (primary N) is 1. The van der Waals surface area contributed by atoms with Crippen molar-refractivity contribution in [1.29, 1.82) is 5.41 Å². The van der Waals surface area contributed by atoms with Crippen molar-refractivity contribution in [3.63, 3.8) is 0 Å². The molecule has 0 aliphatic rings. The van der Waals surface area contributed by atoms with E-state index in [1.54, 1.807) is 0 Å². The summed E-state index contributed by atoms with van der Waals surface area (Å²) in [6, 6.07) is 0. The predicted molar refractivity (Wildman–Crippen MR) is 72.7 cm³/mol. The van der Waals surface area contributed by atoms with Gasteiger partial charge in [-0.3, -0.25) is 5.41 Å². The van der Waals surface area contributed by atoms with Crippen LogP contribution in [0.5, 0.6) is 0 Å². The number of hydrogen-bond acceptors (Lipinski definition) is 3. The fraction of sp³-hybridized carbons (Fsp3) is 0.462. The first-order valence-electron chi connectivity index (χ1n) is 6.71. The van der Waals surface area contributed by atoms with Gasteiger partial charge >= 0.3 is 12.1 Å². The van der Waals surface area contributed by atoms with Crippen LogP contribution < -0.4 is 5.73 Å². The van der Waals surface area contributed by atoms with Gasteiger partial charge in [-0.1, -0.05) is 6.92 Å². The molecule has 10 heteroatoms. The summed E-state index contributed by atoms with van der Waals surface area (Å²) in [5, 5.41) is 7.40. The van der Waals surface area contributed by atoms with E-state index < -0.39 is 30.8 Å². The highest BCUT2D eigenvalue weighted by Gasteiger charge is 2.56. The van der Waals surface area contributed by atoms with E-state index in [9.17, 15) is 22.0 Å². The summed E-state index contributed by atoms with van der Waals surface area (Å²) >= 11 is 0. The van der Waals surface area contributed by atoms with Gasteiger partial charge in [-0.15, -0.1) is 0 Å². The molecule has 0 aliphatic carbocycles. The Morgan fingerprint density at radius 2 is 1.96 bits per heavy atom. The molecular weight excluding hydrogens is 321 g/mol. The first-order chi connectivity index (χ1) is 10.6. The van der Waals surface area contributed by atoms with Crippen LogP contribution in [-0.2, 0) is 12.8 Å². The van der Waals surface area contributed by atoms with Gasteiger partial charge in [0.25, 0.3) is 0 Å². The van der Waals surface area contributed by atoms with Crippen molar-refractivity contribution in [2.24, 2.45) is 5.73 Å². The number of aromatic nitrogens is 3. The molecule has 23 heavy (non-hydrogen) atoms. The monoisotopic (exact) mass is 335 g/mol. The van der Waals surface area contributed by atoms with E-state index in [0.717, 1.165) is 0 Å². The lowest BCUT2D eigenvalue weighted by atomic mass is 10.1. The van der Waals surface area contributed by atoms with Gasteiger partial charge in [0.1, 0.15) is 11.5 Å². The number of alkyl halides is 5. The summed E-state index contributed by atoms with van der Waals surface area (Å²) in [6.45, 7) is 1.83. The van der Waals surface area contributed by atoms with Crippen molar-refractivity contribution in [2.45, 2.75) is 38.3 Å². The fourth-order valence-electron chi connectivity index (χ4n) is 2.08. The molecule has 126 valence electrons. The first-order valence-corrected chi connectivity index (χ1v) is 6.71. The van der Waals surface area contributed by atoms with E-state index in [4.69, 9.17) is 11.1 Å². The number of nitrogens with zero attached hydrogens (tertiary/aromatic N) is 3. The molecular formula is C13H14F5N5. The number of aryl methyl sites for hydroxylation is 2. The van der Waals surface area contributed by atoms with E-state index in [1.807, 2.05) is 6.92 Å². The lowest BCUT2D eigenvalue weighted by molar-refractivity contribution is -0.284. The van der Waals surface area contributed by atoms with Crippen LogP contribution in [0.15, 0.2) is 12.4 Å². The van der Waals surface area contributed by atoms with E-state index in [0.29, 0.717) is 12.1 Å². The number of fused-ring (bicyclic) bond motifs is 1. The van der Waals surface area contributed by atoms with Crippen LogP contribution in [0.3, 0.4) is 0 Å². The Balaban J connectivity index is 2.43. The first kappa shape index (κ1) is 17.1. The lowest BCUT2D eigenvalue weighted by Gasteiger charge is -2.19. The lowest BCUT2D eigenvalue weighted by Crippen LogP contribution is -2.36. The third kappa shape index (κ3) is 3.25. The predicted octanol–water partition coefficient (Wildman–Crippen LogP) is 2.71. The Hall–Kier alpha value is -2.26. The molecule has 0 bridgehead atoms. The highest BCUT2D eigenvalue weighted by molar-refractivity contribution is 5.93. The number of imidazole rings is 1. The third-order valence-corrected chi connectivity index (χ3v) is 3.37. The van der Waals surface area contributed by atoms with Crippen molar-refractivity contribution in [3.8, 4) is 0 Å². The average Bonchev–Trinajstić information content (AvgIpc) is 2.86. The van der Waals surface area contributed by atoms with Gasteiger partial charge in [0.2, 0.25) is 0 Å². The Labute approximate surface area is 127 Å². The van der Waals surface area contributed by atoms with Crippen molar-refractivity contribution < 1.29 is 22.0 Å². The smallest absolute Gasteiger partial charge is 0.382 e. The molecule has 0 saturated heterocycles. The SMILES string of the molecule is CCc1cnc2c(CCC(F)(F)C(F)(F)F)nc(C(=N)N)cn12. The zero-order valence-electron chi connectivity index (χ0n) is 12.1. The molecule has 0 radical (unpaired) electrons. The Morgan fingerprint density at radius 3 is 2.48 bits per heavy atom. The molecule has 3 N–H and O–H groups in total. The number of nitrogens with one attached hydrogen (secondary N) is 1. The zero-order chi connectivity index (χ0) is 17.4. The Bertz CT molecular complexity index is 734. The summed E-state index contributed by atoms with van der Waals surface area (Å²) in [4.78, 5) is 7.92. The number of amidine groups is 1. The van der Waals surface area contributed by atoms with Crippen LogP contribution in [-0.4, -0.2) is 32.3 Å².